The quantitative estimate of drug-likeness (QED) is 0.336. The minimum absolute atomic E-state index is 0.0102. The van der Waals surface area contributed by atoms with Crippen LogP contribution in [0.1, 0.15) is 18.2 Å². The van der Waals surface area contributed by atoms with Gasteiger partial charge < -0.3 is 9.84 Å². The molecule has 194 valence electrons. The van der Waals surface area contributed by atoms with Crippen molar-refractivity contribution in [2.24, 2.45) is 0 Å². The molecule has 0 fully saturated rings. The molecule has 0 bridgehead atoms. The fraction of sp³-hybridized carbons (Fsp3) is 0.250. The van der Waals surface area contributed by atoms with E-state index in [0.717, 1.165) is 30.1 Å². The van der Waals surface area contributed by atoms with Crippen molar-refractivity contribution in [3.63, 3.8) is 0 Å². The number of pyridine rings is 1. The maximum Gasteiger partial charge on any atom is 0.422 e. The number of rotatable bonds is 8. The number of nitrogens with zero attached hydrogens (tertiary/aromatic N) is 5. The van der Waals surface area contributed by atoms with Gasteiger partial charge in [0.15, 0.2) is 17.9 Å². The molecule has 0 aliphatic rings. The van der Waals surface area contributed by atoms with Gasteiger partial charge in [-0.05, 0) is 47.2 Å². The fourth-order valence-electron chi connectivity index (χ4n) is 3.76. The summed E-state index contributed by atoms with van der Waals surface area (Å²) in [5.74, 6) is -2.08. The molecule has 0 radical (unpaired) electrons. The molecule has 0 amide bonds. The Bertz CT molecular complexity index is 1350. The molecular formula is C24H19F6N5O2. The van der Waals surface area contributed by atoms with E-state index in [1.807, 2.05) is 0 Å². The van der Waals surface area contributed by atoms with Gasteiger partial charge in [-0.2, -0.15) is 13.2 Å². The summed E-state index contributed by atoms with van der Waals surface area (Å²) in [5, 5.41) is 22.0. The van der Waals surface area contributed by atoms with Crippen molar-refractivity contribution in [2.45, 2.75) is 30.9 Å². The van der Waals surface area contributed by atoms with Crippen LogP contribution >= 0.6 is 0 Å². The molecule has 0 aliphatic heterocycles. The molecule has 7 nitrogen and oxygen atoms in total. The molecule has 0 saturated carbocycles. The number of halogens is 6. The highest BCUT2D eigenvalue weighted by molar-refractivity contribution is 5.63. The summed E-state index contributed by atoms with van der Waals surface area (Å²) in [6.45, 7) is -1.06. The lowest BCUT2D eigenvalue weighted by Gasteiger charge is -2.39. The highest BCUT2D eigenvalue weighted by Crippen LogP contribution is 2.45. The van der Waals surface area contributed by atoms with Crippen molar-refractivity contribution < 1.29 is 36.2 Å². The Morgan fingerprint density at radius 2 is 1.65 bits per heavy atom. The summed E-state index contributed by atoms with van der Waals surface area (Å²) in [5.41, 5.74) is -5.13. The van der Waals surface area contributed by atoms with Gasteiger partial charge in [0, 0.05) is 23.4 Å². The van der Waals surface area contributed by atoms with E-state index in [1.54, 1.807) is 0 Å². The summed E-state index contributed by atoms with van der Waals surface area (Å²) in [6, 6.07) is 10.8. The van der Waals surface area contributed by atoms with E-state index in [1.165, 1.54) is 42.6 Å². The third-order valence-electron chi connectivity index (χ3n) is 5.77. The lowest BCUT2D eigenvalue weighted by molar-refractivity contribution is -0.153. The van der Waals surface area contributed by atoms with Crippen LogP contribution in [0.5, 0.6) is 5.75 Å². The fourth-order valence-corrected chi connectivity index (χ4v) is 3.76. The molecule has 2 aromatic heterocycles. The van der Waals surface area contributed by atoms with Gasteiger partial charge >= 0.3 is 6.18 Å². The maximum absolute atomic E-state index is 16.4. The number of ether oxygens (including phenoxy) is 1. The molecule has 4 rings (SSSR count). The first-order valence-corrected chi connectivity index (χ1v) is 10.7. The number of aromatic nitrogens is 5. The predicted molar refractivity (Wildman–Crippen MR) is 118 cm³/mol. The molecular weight excluding hydrogens is 504 g/mol. The second-order valence-corrected chi connectivity index (χ2v) is 8.36. The zero-order chi connectivity index (χ0) is 26.8. The van der Waals surface area contributed by atoms with E-state index >= 15 is 4.39 Å². The lowest BCUT2D eigenvalue weighted by Crippen LogP contribution is -2.48. The predicted octanol–water partition coefficient (Wildman–Crippen LogP) is 4.73. The van der Waals surface area contributed by atoms with Gasteiger partial charge in [-0.25, -0.2) is 17.9 Å². The van der Waals surface area contributed by atoms with Crippen LogP contribution in [-0.4, -0.2) is 43.1 Å². The van der Waals surface area contributed by atoms with Crippen LogP contribution in [0.3, 0.4) is 0 Å². The average molecular weight is 523 g/mol. The van der Waals surface area contributed by atoms with E-state index in [0.29, 0.717) is 17.2 Å². The van der Waals surface area contributed by atoms with Crippen LogP contribution in [0.2, 0.25) is 0 Å². The van der Waals surface area contributed by atoms with Crippen LogP contribution in [0.25, 0.3) is 11.1 Å². The van der Waals surface area contributed by atoms with Gasteiger partial charge in [-0.3, -0.25) is 4.98 Å². The SMILES string of the molecule is CC(F)(c1ccc(-c2ccc(OCC(F)(F)F)cc2)cn1)C(O)(Cn1cnnn1)c1ccc(F)cc1F. The van der Waals surface area contributed by atoms with E-state index in [2.05, 4.69) is 25.2 Å². The molecule has 1 N–H and O–H groups in total. The Labute approximate surface area is 206 Å². The first-order valence-electron chi connectivity index (χ1n) is 10.7. The number of hydrogen-bond donors (Lipinski definition) is 1. The summed E-state index contributed by atoms with van der Waals surface area (Å²) >= 11 is 0. The number of benzene rings is 2. The molecule has 4 aromatic rings. The van der Waals surface area contributed by atoms with Crippen LogP contribution in [0.4, 0.5) is 26.3 Å². The van der Waals surface area contributed by atoms with E-state index in [-0.39, 0.29) is 11.4 Å². The largest absolute Gasteiger partial charge is 0.484 e. The van der Waals surface area contributed by atoms with Crippen LogP contribution < -0.4 is 4.74 Å². The maximum atomic E-state index is 16.4. The third kappa shape index (κ3) is 5.56. The van der Waals surface area contributed by atoms with E-state index < -0.39 is 47.8 Å². The number of hydrogen-bond acceptors (Lipinski definition) is 6. The van der Waals surface area contributed by atoms with Gasteiger partial charge in [-0.15, -0.1) is 5.10 Å². The average Bonchev–Trinajstić information content (AvgIpc) is 3.35. The molecule has 2 unspecified atom stereocenters. The van der Waals surface area contributed by atoms with Crippen LogP contribution in [0, 0.1) is 11.6 Å². The van der Waals surface area contributed by atoms with E-state index in [9.17, 15) is 27.1 Å². The second-order valence-electron chi connectivity index (χ2n) is 8.36. The van der Waals surface area contributed by atoms with Crippen LogP contribution in [-0.2, 0) is 17.8 Å². The first-order chi connectivity index (χ1) is 17.4. The van der Waals surface area contributed by atoms with Gasteiger partial charge in [-0.1, -0.05) is 24.3 Å². The van der Waals surface area contributed by atoms with Crippen molar-refractivity contribution in [2.75, 3.05) is 6.61 Å². The zero-order valence-corrected chi connectivity index (χ0v) is 19.1. The Kier molecular flexibility index (Phi) is 6.91. The van der Waals surface area contributed by atoms with E-state index in [4.69, 9.17) is 0 Å². The van der Waals surface area contributed by atoms with Crippen molar-refractivity contribution in [1.29, 1.82) is 0 Å². The zero-order valence-electron chi connectivity index (χ0n) is 19.1. The molecule has 2 aromatic carbocycles. The van der Waals surface area contributed by atoms with Gasteiger partial charge in [0.25, 0.3) is 0 Å². The molecule has 13 heteroatoms. The van der Waals surface area contributed by atoms with Crippen molar-refractivity contribution in [3.8, 4) is 16.9 Å². The number of tetrazole rings is 1. The van der Waals surface area contributed by atoms with Crippen LogP contribution in [0.15, 0.2) is 67.1 Å². The standard InChI is InChI=1S/C24H19F6N5O2/c1-22(27,23(36,12-35-14-32-33-34-35)19-8-5-17(25)10-20(19)26)21-9-4-16(11-31-21)15-2-6-18(7-3-15)37-13-24(28,29)30/h2-11,14,36H,12-13H2,1H3. The Hall–Kier alpha value is -4.00. The molecule has 2 atom stereocenters. The van der Waals surface area contributed by atoms with Gasteiger partial charge in [0.2, 0.25) is 0 Å². The van der Waals surface area contributed by atoms with Gasteiger partial charge in [0.05, 0.1) is 12.2 Å². The second kappa shape index (κ2) is 9.81. The van der Waals surface area contributed by atoms with Crippen molar-refractivity contribution in [1.82, 2.24) is 25.2 Å². The monoisotopic (exact) mass is 523 g/mol. The summed E-state index contributed by atoms with van der Waals surface area (Å²) in [4.78, 5) is 4.11. The number of alkyl halides is 4. The first kappa shape index (κ1) is 26.1. The minimum atomic E-state index is -4.47. The lowest BCUT2D eigenvalue weighted by atomic mass is 9.77. The Morgan fingerprint density at radius 1 is 0.946 bits per heavy atom. The molecule has 0 aliphatic carbocycles. The molecule has 2 heterocycles. The minimum Gasteiger partial charge on any atom is -0.484 e. The highest BCUT2D eigenvalue weighted by atomic mass is 19.4. The Balaban J connectivity index is 1.64. The molecule has 0 saturated heterocycles. The summed E-state index contributed by atoms with van der Waals surface area (Å²) < 4.78 is 87.4. The number of aliphatic hydroxyl groups is 1. The molecule has 0 spiro atoms. The Morgan fingerprint density at radius 3 is 2.22 bits per heavy atom. The normalized spacial score (nSPS) is 15.1. The smallest absolute Gasteiger partial charge is 0.422 e. The van der Waals surface area contributed by atoms with Gasteiger partial charge in [0.1, 0.15) is 23.7 Å². The molecule has 37 heavy (non-hydrogen) atoms. The highest BCUT2D eigenvalue weighted by Gasteiger charge is 2.53. The summed E-state index contributed by atoms with van der Waals surface area (Å²) in [7, 11) is 0. The van der Waals surface area contributed by atoms with Crippen molar-refractivity contribution in [3.05, 3.63) is 90.0 Å². The topological polar surface area (TPSA) is 86.0 Å². The third-order valence-corrected chi connectivity index (χ3v) is 5.77. The summed E-state index contributed by atoms with van der Waals surface area (Å²) in [6.07, 6.45) is -2.08. The van der Waals surface area contributed by atoms with Crippen molar-refractivity contribution >= 4 is 0 Å².